The SMILES string of the molecule is Cc1nnc(CN2CCC(c3nnc(Cn4cccn4)n3C3CC3)CC2)s1. The van der Waals surface area contributed by atoms with Crippen LogP contribution in [0.25, 0.3) is 0 Å². The summed E-state index contributed by atoms with van der Waals surface area (Å²) in [6.07, 6.45) is 8.54. The van der Waals surface area contributed by atoms with Crippen molar-refractivity contribution >= 4 is 11.3 Å². The Morgan fingerprint density at radius 1 is 1.04 bits per heavy atom. The first-order valence-electron chi connectivity index (χ1n) is 9.68. The van der Waals surface area contributed by atoms with Gasteiger partial charge in [-0.3, -0.25) is 9.58 Å². The molecule has 1 saturated carbocycles. The Hall–Kier alpha value is -2.13. The number of rotatable bonds is 6. The van der Waals surface area contributed by atoms with E-state index in [0.717, 1.165) is 48.3 Å². The molecule has 0 radical (unpaired) electrons. The molecule has 9 heteroatoms. The summed E-state index contributed by atoms with van der Waals surface area (Å²) in [5, 5.41) is 24.0. The third kappa shape index (κ3) is 3.66. The molecule has 0 bridgehead atoms. The maximum Gasteiger partial charge on any atom is 0.155 e. The van der Waals surface area contributed by atoms with Gasteiger partial charge in [0.05, 0.1) is 6.54 Å². The van der Waals surface area contributed by atoms with Gasteiger partial charge in [0.15, 0.2) is 5.82 Å². The number of aryl methyl sites for hydroxylation is 1. The lowest BCUT2D eigenvalue weighted by Crippen LogP contribution is -2.33. The van der Waals surface area contributed by atoms with E-state index in [1.165, 1.54) is 18.7 Å². The highest BCUT2D eigenvalue weighted by molar-refractivity contribution is 7.11. The fourth-order valence-electron chi connectivity index (χ4n) is 3.94. The van der Waals surface area contributed by atoms with Crippen molar-refractivity contribution in [3.05, 3.63) is 40.1 Å². The Kier molecular flexibility index (Phi) is 4.48. The van der Waals surface area contributed by atoms with Crippen LogP contribution < -0.4 is 0 Å². The molecule has 0 unspecified atom stereocenters. The zero-order valence-corrected chi connectivity index (χ0v) is 16.3. The molecule has 142 valence electrons. The van der Waals surface area contributed by atoms with Crippen molar-refractivity contribution in [2.24, 2.45) is 0 Å². The Bertz CT molecular complexity index is 887. The zero-order valence-electron chi connectivity index (χ0n) is 15.5. The van der Waals surface area contributed by atoms with Crippen LogP contribution in [0.5, 0.6) is 0 Å². The van der Waals surface area contributed by atoms with Gasteiger partial charge in [-0.15, -0.1) is 31.7 Å². The van der Waals surface area contributed by atoms with E-state index in [0.29, 0.717) is 18.5 Å². The lowest BCUT2D eigenvalue weighted by molar-refractivity contribution is 0.199. The van der Waals surface area contributed by atoms with E-state index in [-0.39, 0.29) is 0 Å². The Morgan fingerprint density at radius 2 is 1.89 bits per heavy atom. The van der Waals surface area contributed by atoms with Gasteiger partial charge in [0.1, 0.15) is 22.4 Å². The van der Waals surface area contributed by atoms with Crippen molar-refractivity contribution in [1.29, 1.82) is 0 Å². The molecule has 0 spiro atoms. The molecular weight excluding hydrogens is 360 g/mol. The van der Waals surface area contributed by atoms with Crippen LogP contribution in [0.4, 0.5) is 0 Å². The van der Waals surface area contributed by atoms with Crippen molar-refractivity contribution in [2.45, 2.75) is 57.7 Å². The first kappa shape index (κ1) is 17.0. The fraction of sp³-hybridized carbons (Fsp3) is 0.611. The second-order valence-corrected chi connectivity index (χ2v) is 8.81. The molecule has 4 heterocycles. The number of hydrogen-bond acceptors (Lipinski definition) is 7. The van der Waals surface area contributed by atoms with Gasteiger partial charge in [0, 0.05) is 24.4 Å². The maximum absolute atomic E-state index is 4.63. The predicted molar refractivity (Wildman–Crippen MR) is 102 cm³/mol. The van der Waals surface area contributed by atoms with Crippen molar-refractivity contribution in [1.82, 2.24) is 39.6 Å². The molecule has 0 amide bonds. The largest absolute Gasteiger partial charge is 0.310 e. The van der Waals surface area contributed by atoms with E-state index >= 15 is 0 Å². The second-order valence-electron chi connectivity index (χ2n) is 7.54. The molecule has 3 aromatic heterocycles. The highest BCUT2D eigenvalue weighted by atomic mass is 32.1. The molecule has 3 aromatic rings. The third-order valence-corrected chi connectivity index (χ3v) is 6.27. The first-order chi connectivity index (χ1) is 13.3. The molecule has 2 aliphatic rings. The minimum Gasteiger partial charge on any atom is -0.310 e. The standard InChI is InChI=1S/C18H24N8S/c1-13-20-22-17(27-13)12-24-9-5-14(6-10-24)18-23-21-16(26(18)15-3-4-15)11-25-8-2-7-19-25/h2,7-8,14-15H,3-6,9-12H2,1H3. The lowest BCUT2D eigenvalue weighted by Gasteiger charge is -2.31. The molecule has 5 rings (SSSR count). The van der Waals surface area contributed by atoms with Gasteiger partial charge in [-0.2, -0.15) is 5.10 Å². The van der Waals surface area contributed by atoms with E-state index in [9.17, 15) is 0 Å². The van der Waals surface area contributed by atoms with Crippen LogP contribution in [0.2, 0.25) is 0 Å². The number of likely N-dealkylation sites (tertiary alicyclic amines) is 1. The Balaban J connectivity index is 1.27. The summed E-state index contributed by atoms with van der Waals surface area (Å²) in [5.74, 6) is 2.73. The molecule has 1 saturated heterocycles. The van der Waals surface area contributed by atoms with Crippen LogP contribution in [0.1, 0.15) is 59.3 Å². The summed E-state index contributed by atoms with van der Waals surface area (Å²) < 4.78 is 4.34. The van der Waals surface area contributed by atoms with Gasteiger partial charge in [-0.05, 0) is 51.8 Å². The number of piperidine rings is 1. The zero-order chi connectivity index (χ0) is 18.2. The van der Waals surface area contributed by atoms with Crippen molar-refractivity contribution < 1.29 is 0 Å². The minimum atomic E-state index is 0.497. The molecular formula is C18H24N8S. The van der Waals surface area contributed by atoms with Gasteiger partial charge < -0.3 is 4.57 Å². The van der Waals surface area contributed by atoms with Crippen LogP contribution >= 0.6 is 11.3 Å². The molecule has 8 nitrogen and oxygen atoms in total. The van der Waals surface area contributed by atoms with Crippen molar-refractivity contribution in [3.63, 3.8) is 0 Å². The highest BCUT2D eigenvalue weighted by Crippen LogP contribution is 2.40. The third-order valence-electron chi connectivity index (χ3n) is 5.45. The van der Waals surface area contributed by atoms with E-state index in [1.54, 1.807) is 11.3 Å². The average molecular weight is 385 g/mol. The van der Waals surface area contributed by atoms with Gasteiger partial charge in [0.2, 0.25) is 0 Å². The van der Waals surface area contributed by atoms with Crippen LogP contribution in [-0.4, -0.2) is 52.7 Å². The summed E-state index contributed by atoms with van der Waals surface area (Å²) in [5.41, 5.74) is 0. The number of nitrogens with zero attached hydrogens (tertiary/aromatic N) is 8. The van der Waals surface area contributed by atoms with E-state index in [4.69, 9.17) is 0 Å². The molecule has 1 aliphatic carbocycles. The van der Waals surface area contributed by atoms with Crippen LogP contribution in [0, 0.1) is 6.92 Å². The molecule has 27 heavy (non-hydrogen) atoms. The summed E-state index contributed by atoms with van der Waals surface area (Å²) in [4.78, 5) is 2.49. The van der Waals surface area contributed by atoms with E-state index < -0.39 is 0 Å². The first-order valence-corrected chi connectivity index (χ1v) is 10.5. The Labute approximate surface area is 162 Å². The van der Waals surface area contributed by atoms with Crippen molar-refractivity contribution in [3.8, 4) is 0 Å². The number of aromatic nitrogens is 7. The highest BCUT2D eigenvalue weighted by Gasteiger charge is 2.33. The monoisotopic (exact) mass is 384 g/mol. The lowest BCUT2D eigenvalue weighted by atomic mass is 9.96. The fourth-order valence-corrected chi connectivity index (χ4v) is 4.69. The van der Waals surface area contributed by atoms with Gasteiger partial charge in [-0.1, -0.05) is 0 Å². The van der Waals surface area contributed by atoms with Gasteiger partial charge in [0.25, 0.3) is 0 Å². The topological polar surface area (TPSA) is 77.6 Å². The average Bonchev–Trinajstić information content (AvgIpc) is 3.05. The molecule has 0 N–H and O–H groups in total. The van der Waals surface area contributed by atoms with Gasteiger partial charge >= 0.3 is 0 Å². The summed E-state index contributed by atoms with van der Waals surface area (Å²) >= 11 is 1.70. The predicted octanol–water partition coefficient (Wildman–Crippen LogP) is 2.40. The summed E-state index contributed by atoms with van der Waals surface area (Å²) in [7, 11) is 0. The molecule has 0 aromatic carbocycles. The summed E-state index contributed by atoms with van der Waals surface area (Å²) in [6.45, 7) is 5.79. The molecule has 0 atom stereocenters. The van der Waals surface area contributed by atoms with E-state index in [2.05, 4.69) is 35.0 Å². The second kappa shape index (κ2) is 7.12. The van der Waals surface area contributed by atoms with E-state index in [1.807, 2.05) is 30.1 Å². The smallest absolute Gasteiger partial charge is 0.155 e. The van der Waals surface area contributed by atoms with Crippen molar-refractivity contribution in [2.75, 3.05) is 13.1 Å². The van der Waals surface area contributed by atoms with Crippen LogP contribution in [-0.2, 0) is 13.1 Å². The number of hydrogen-bond donors (Lipinski definition) is 0. The Morgan fingerprint density at radius 3 is 2.56 bits per heavy atom. The summed E-state index contributed by atoms with van der Waals surface area (Å²) in [6, 6.07) is 2.54. The van der Waals surface area contributed by atoms with Crippen LogP contribution in [0.3, 0.4) is 0 Å². The molecule has 1 aliphatic heterocycles. The van der Waals surface area contributed by atoms with Gasteiger partial charge in [-0.25, -0.2) is 0 Å². The van der Waals surface area contributed by atoms with Crippen LogP contribution in [0.15, 0.2) is 18.5 Å². The normalized spacial score (nSPS) is 19.0. The quantitative estimate of drug-likeness (QED) is 0.649. The maximum atomic E-state index is 4.63. The molecule has 2 fully saturated rings. The minimum absolute atomic E-state index is 0.497.